The summed E-state index contributed by atoms with van der Waals surface area (Å²) in [5.41, 5.74) is 4.46. The van der Waals surface area contributed by atoms with Gasteiger partial charge in [0.15, 0.2) is 0 Å². The number of rotatable bonds is 8. The molecule has 0 saturated carbocycles. The van der Waals surface area contributed by atoms with Crippen molar-refractivity contribution in [2.45, 2.75) is 38.3 Å². The van der Waals surface area contributed by atoms with Gasteiger partial charge >= 0.3 is 0 Å². The summed E-state index contributed by atoms with van der Waals surface area (Å²) in [6, 6.07) is 23.7. The molecule has 0 spiro atoms. The smallest absolute Gasteiger partial charge is 0.204 e. The van der Waals surface area contributed by atoms with Crippen LogP contribution in [0.4, 0.5) is 10.3 Å². The second-order valence-electron chi connectivity index (χ2n) is 10.1. The van der Waals surface area contributed by atoms with Gasteiger partial charge in [-0.25, -0.2) is 9.37 Å². The molecule has 6 rings (SSSR count). The lowest BCUT2D eigenvalue weighted by molar-refractivity contribution is 0.221. The molecular formula is C31H38FN5O. The van der Waals surface area contributed by atoms with Crippen molar-refractivity contribution in [2.24, 2.45) is 0 Å². The topological polar surface area (TPSA) is 54.4 Å². The summed E-state index contributed by atoms with van der Waals surface area (Å²) in [4.78, 5) is 7.43. The van der Waals surface area contributed by atoms with E-state index in [4.69, 9.17) is 9.72 Å². The number of nitrogens with one attached hydrogen (secondary N) is 2. The van der Waals surface area contributed by atoms with Crippen LogP contribution in [-0.2, 0) is 13.0 Å². The Morgan fingerprint density at radius 2 is 1.61 bits per heavy atom. The summed E-state index contributed by atoms with van der Waals surface area (Å²) in [5, 5.41) is 6.83. The summed E-state index contributed by atoms with van der Waals surface area (Å²) in [7, 11) is 1.70. The molecule has 2 fully saturated rings. The quantitative estimate of drug-likeness (QED) is 0.332. The van der Waals surface area contributed by atoms with Gasteiger partial charge in [0, 0.05) is 25.7 Å². The van der Waals surface area contributed by atoms with Crippen LogP contribution in [0.1, 0.15) is 30.4 Å². The third kappa shape index (κ3) is 6.91. The molecule has 3 heterocycles. The molecule has 0 bridgehead atoms. The van der Waals surface area contributed by atoms with E-state index >= 15 is 0 Å². The molecule has 2 aliphatic heterocycles. The Labute approximate surface area is 224 Å². The van der Waals surface area contributed by atoms with Crippen LogP contribution < -0.4 is 15.4 Å². The number of nitrogens with zero attached hydrogens (tertiary/aromatic N) is 3. The number of piperidine rings is 1. The zero-order valence-electron chi connectivity index (χ0n) is 22.2. The Morgan fingerprint density at radius 1 is 0.947 bits per heavy atom. The van der Waals surface area contributed by atoms with E-state index in [-0.39, 0.29) is 5.82 Å². The number of para-hydroxylation sites is 2. The van der Waals surface area contributed by atoms with Gasteiger partial charge < -0.3 is 24.8 Å². The van der Waals surface area contributed by atoms with Crippen LogP contribution in [0.25, 0.3) is 11.0 Å². The van der Waals surface area contributed by atoms with Gasteiger partial charge in [-0.05, 0) is 86.3 Å². The lowest BCUT2D eigenvalue weighted by atomic mass is 10.0. The average molecular weight is 516 g/mol. The van der Waals surface area contributed by atoms with E-state index < -0.39 is 0 Å². The normalized spacial score (nSPS) is 15.9. The summed E-state index contributed by atoms with van der Waals surface area (Å²) in [6.07, 6.45) is 4.61. The van der Waals surface area contributed by atoms with Crippen molar-refractivity contribution in [3.05, 3.63) is 89.7 Å². The average Bonchev–Trinajstić information content (AvgIpc) is 3.25. The van der Waals surface area contributed by atoms with Crippen molar-refractivity contribution in [2.75, 3.05) is 45.2 Å². The summed E-state index contributed by atoms with van der Waals surface area (Å²) >= 11 is 0. The predicted octanol–water partition coefficient (Wildman–Crippen LogP) is 5.33. The molecule has 4 aromatic rings. The first-order valence-corrected chi connectivity index (χ1v) is 13.7. The fraction of sp³-hybridized carbons (Fsp3) is 0.387. The maximum absolute atomic E-state index is 13.4. The van der Waals surface area contributed by atoms with Crippen molar-refractivity contribution in [1.82, 2.24) is 19.8 Å². The van der Waals surface area contributed by atoms with Crippen LogP contribution in [0.2, 0.25) is 0 Å². The number of aromatic nitrogens is 2. The molecule has 0 unspecified atom stereocenters. The molecule has 0 aliphatic carbocycles. The van der Waals surface area contributed by atoms with Crippen LogP contribution in [0.5, 0.6) is 5.75 Å². The van der Waals surface area contributed by atoms with Gasteiger partial charge in [0.25, 0.3) is 0 Å². The summed E-state index contributed by atoms with van der Waals surface area (Å²) < 4.78 is 20.8. The lowest BCUT2D eigenvalue weighted by Crippen LogP contribution is -2.40. The monoisotopic (exact) mass is 515 g/mol. The van der Waals surface area contributed by atoms with Gasteiger partial charge in [-0.1, -0.05) is 36.4 Å². The number of hydrogen-bond acceptors (Lipinski definition) is 5. The maximum Gasteiger partial charge on any atom is 0.204 e. The number of ether oxygens (including phenoxy) is 1. The number of likely N-dealkylation sites (tertiary alicyclic amines) is 1. The Bertz CT molecular complexity index is 1270. The standard InChI is InChI=1S/C28H31FN4O.C3H7N/c1-34-25-12-8-21(9-13-25)14-17-32-18-15-24(16-19-32)30-28-31-26-4-2-3-5-27(26)33(28)20-22-6-10-23(29)11-7-22;1-2-4-3-1/h2-13,24H,14-20H2,1H3,(H,30,31);4H,1-3H2. The first-order valence-electron chi connectivity index (χ1n) is 13.7. The van der Waals surface area contributed by atoms with Gasteiger partial charge in [-0.15, -0.1) is 0 Å². The van der Waals surface area contributed by atoms with Crippen LogP contribution >= 0.6 is 0 Å². The van der Waals surface area contributed by atoms with Crippen LogP contribution in [-0.4, -0.2) is 60.3 Å². The molecule has 3 aromatic carbocycles. The zero-order valence-corrected chi connectivity index (χ0v) is 22.2. The number of hydrogen-bond donors (Lipinski definition) is 2. The van der Waals surface area contributed by atoms with Crippen LogP contribution in [0, 0.1) is 5.82 Å². The SMILES string of the molecule is C1CNC1.COc1ccc(CCN2CCC(Nc3nc4ccccc4n3Cc3ccc(F)cc3)CC2)cc1. The highest BCUT2D eigenvalue weighted by atomic mass is 19.1. The fourth-order valence-electron chi connectivity index (χ4n) is 4.86. The number of benzene rings is 3. The Kier molecular flexibility index (Phi) is 8.89. The van der Waals surface area contributed by atoms with Crippen molar-refractivity contribution in [1.29, 1.82) is 0 Å². The van der Waals surface area contributed by atoms with Gasteiger partial charge in [0.05, 0.1) is 24.7 Å². The second-order valence-corrected chi connectivity index (χ2v) is 10.1. The molecule has 7 heteroatoms. The van der Waals surface area contributed by atoms with Crippen molar-refractivity contribution in [3.63, 3.8) is 0 Å². The van der Waals surface area contributed by atoms with E-state index in [2.05, 4.69) is 38.3 Å². The molecule has 0 radical (unpaired) electrons. The molecule has 0 atom stereocenters. The molecule has 6 nitrogen and oxygen atoms in total. The Morgan fingerprint density at radius 3 is 2.26 bits per heavy atom. The summed E-state index contributed by atoms with van der Waals surface area (Å²) in [5.74, 6) is 1.58. The Hall–Kier alpha value is -3.42. The predicted molar refractivity (Wildman–Crippen MR) is 153 cm³/mol. The minimum atomic E-state index is -0.212. The highest BCUT2D eigenvalue weighted by Crippen LogP contribution is 2.24. The molecule has 2 saturated heterocycles. The van der Waals surface area contributed by atoms with E-state index in [0.717, 1.165) is 67.2 Å². The number of halogens is 1. The second kappa shape index (κ2) is 12.9. The van der Waals surface area contributed by atoms with Crippen LogP contribution in [0.15, 0.2) is 72.8 Å². The van der Waals surface area contributed by atoms with E-state index in [1.807, 2.05) is 42.5 Å². The summed E-state index contributed by atoms with van der Waals surface area (Å²) in [6.45, 7) is 6.38. The minimum absolute atomic E-state index is 0.212. The van der Waals surface area contributed by atoms with E-state index in [9.17, 15) is 4.39 Å². The fourth-order valence-corrected chi connectivity index (χ4v) is 4.86. The first kappa shape index (κ1) is 26.2. The highest BCUT2D eigenvalue weighted by molar-refractivity contribution is 5.78. The van der Waals surface area contributed by atoms with Crippen molar-refractivity contribution < 1.29 is 9.13 Å². The van der Waals surface area contributed by atoms with E-state index in [0.29, 0.717) is 12.6 Å². The highest BCUT2D eigenvalue weighted by Gasteiger charge is 2.21. The van der Waals surface area contributed by atoms with Gasteiger partial charge in [0.2, 0.25) is 5.95 Å². The number of imidazole rings is 1. The molecule has 200 valence electrons. The van der Waals surface area contributed by atoms with Crippen molar-refractivity contribution >= 4 is 17.0 Å². The maximum atomic E-state index is 13.4. The number of fused-ring (bicyclic) bond motifs is 1. The molecule has 38 heavy (non-hydrogen) atoms. The molecule has 2 N–H and O–H groups in total. The lowest BCUT2D eigenvalue weighted by Gasteiger charge is -2.32. The van der Waals surface area contributed by atoms with Gasteiger partial charge in [-0.2, -0.15) is 0 Å². The van der Waals surface area contributed by atoms with Gasteiger partial charge in [-0.3, -0.25) is 0 Å². The van der Waals surface area contributed by atoms with Crippen molar-refractivity contribution in [3.8, 4) is 5.75 Å². The molecule has 0 amide bonds. The third-order valence-electron chi connectivity index (χ3n) is 7.41. The number of methoxy groups -OCH3 is 1. The van der Waals surface area contributed by atoms with Gasteiger partial charge in [0.1, 0.15) is 11.6 Å². The molecule has 1 aromatic heterocycles. The zero-order chi connectivity index (χ0) is 26.2. The van der Waals surface area contributed by atoms with E-state index in [1.54, 1.807) is 7.11 Å². The first-order chi connectivity index (χ1) is 18.7. The van der Waals surface area contributed by atoms with E-state index in [1.165, 1.54) is 37.2 Å². The Balaban J connectivity index is 0.000000673. The largest absolute Gasteiger partial charge is 0.497 e. The minimum Gasteiger partial charge on any atom is -0.497 e. The third-order valence-corrected chi connectivity index (χ3v) is 7.41. The number of anilines is 1. The van der Waals surface area contributed by atoms with Crippen LogP contribution in [0.3, 0.4) is 0 Å². The molecular weight excluding hydrogens is 477 g/mol. The molecule has 2 aliphatic rings.